The molecule has 0 saturated heterocycles. The Morgan fingerprint density at radius 1 is 1.29 bits per heavy atom. The van der Waals surface area contributed by atoms with Crippen LogP contribution in [0.1, 0.15) is 57.8 Å². The fraction of sp³-hybridized carbons (Fsp3) is 0.625. The molecule has 0 aliphatic heterocycles. The molecule has 1 nitrogen and oxygen atoms in total. The van der Waals surface area contributed by atoms with Crippen molar-refractivity contribution in [1.29, 1.82) is 0 Å². The van der Waals surface area contributed by atoms with E-state index in [-0.39, 0.29) is 16.9 Å². The second-order valence-electron chi connectivity index (χ2n) is 6.43. The van der Waals surface area contributed by atoms with Crippen LogP contribution in [-0.4, -0.2) is 5.11 Å². The summed E-state index contributed by atoms with van der Waals surface area (Å²) < 4.78 is 0. The number of aliphatic hydroxyl groups is 1. The van der Waals surface area contributed by atoms with Crippen LogP contribution in [0, 0.1) is 10.8 Å². The Labute approximate surface area is 105 Å². The van der Waals surface area contributed by atoms with E-state index in [1.54, 1.807) is 0 Å². The van der Waals surface area contributed by atoms with Gasteiger partial charge in [-0.15, -0.1) is 0 Å². The second-order valence-corrected chi connectivity index (χ2v) is 6.43. The standard InChI is InChI=1S/C16H24O/c1-5-10-16(15(2,3)4)11-12-8-6-7-9-13(12)14(16)17/h6-9,14,17H,5,10-11H2,1-4H3. The molecule has 1 aliphatic carbocycles. The Kier molecular flexibility index (Phi) is 3.07. The van der Waals surface area contributed by atoms with Crippen LogP contribution in [0.4, 0.5) is 0 Å². The van der Waals surface area contributed by atoms with Gasteiger partial charge >= 0.3 is 0 Å². The first-order valence-electron chi connectivity index (χ1n) is 6.68. The Bertz CT molecular complexity index is 402. The van der Waals surface area contributed by atoms with E-state index < -0.39 is 0 Å². The molecule has 1 aromatic rings. The molecule has 1 heteroatoms. The highest BCUT2D eigenvalue weighted by molar-refractivity contribution is 5.37. The molecule has 0 spiro atoms. The van der Waals surface area contributed by atoms with E-state index >= 15 is 0 Å². The molecule has 2 atom stereocenters. The Balaban J connectivity index is 2.47. The lowest BCUT2D eigenvalue weighted by molar-refractivity contribution is -0.0507. The van der Waals surface area contributed by atoms with Crippen molar-refractivity contribution in [2.75, 3.05) is 0 Å². The zero-order chi connectivity index (χ0) is 12.7. The zero-order valence-electron chi connectivity index (χ0n) is 11.5. The third-order valence-corrected chi connectivity index (χ3v) is 4.57. The molecule has 0 heterocycles. The SMILES string of the molecule is CCCC1(C(C)(C)C)Cc2ccccc2C1O. The van der Waals surface area contributed by atoms with Crippen LogP contribution in [0.3, 0.4) is 0 Å². The highest BCUT2D eigenvalue weighted by atomic mass is 16.3. The van der Waals surface area contributed by atoms with Crippen molar-refractivity contribution < 1.29 is 5.11 Å². The van der Waals surface area contributed by atoms with Crippen molar-refractivity contribution in [1.82, 2.24) is 0 Å². The van der Waals surface area contributed by atoms with Crippen molar-refractivity contribution in [2.24, 2.45) is 10.8 Å². The van der Waals surface area contributed by atoms with Crippen LogP contribution in [0.2, 0.25) is 0 Å². The van der Waals surface area contributed by atoms with E-state index in [9.17, 15) is 5.11 Å². The van der Waals surface area contributed by atoms with Gasteiger partial charge < -0.3 is 5.11 Å². The maximum absolute atomic E-state index is 10.8. The summed E-state index contributed by atoms with van der Waals surface area (Å²) in [7, 11) is 0. The summed E-state index contributed by atoms with van der Waals surface area (Å²) in [6.45, 7) is 9.00. The van der Waals surface area contributed by atoms with Crippen molar-refractivity contribution in [3.05, 3.63) is 35.4 Å². The fourth-order valence-electron chi connectivity index (χ4n) is 3.42. The monoisotopic (exact) mass is 232 g/mol. The maximum atomic E-state index is 10.8. The maximum Gasteiger partial charge on any atom is 0.0857 e. The van der Waals surface area contributed by atoms with Gasteiger partial charge in [0.05, 0.1) is 6.10 Å². The van der Waals surface area contributed by atoms with Gasteiger partial charge in [0.25, 0.3) is 0 Å². The number of fused-ring (bicyclic) bond motifs is 1. The molecule has 0 bridgehead atoms. The smallest absolute Gasteiger partial charge is 0.0857 e. The molecular formula is C16H24O. The van der Waals surface area contributed by atoms with Crippen LogP contribution in [0.15, 0.2) is 24.3 Å². The van der Waals surface area contributed by atoms with E-state index in [4.69, 9.17) is 0 Å². The molecular weight excluding hydrogens is 208 g/mol. The molecule has 0 amide bonds. The van der Waals surface area contributed by atoms with Gasteiger partial charge in [0, 0.05) is 5.41 Å². The first kappa shape index (κ1) is 12.6. The van der Waals surface area contributed by atoms with Gasteiger partial charge in [-0.1, -0.05) is 58.4 Å². The van der Waals surface area contributed by atoms with Crippen LogP contribution in [0.5, 0.6) is 0 Å². The zero-order valence-corrected chi connectivity index (χ0v) is 11.5. The molecule has 0 saturated carbocycles. The predicted molar refractivity (Wildman–Crippen MR) is 71.9 cm³/mol. The van der Waals surface area contributed by atoms with Gasteiger partial charge in [-0.2, -0.15) is 0 Å². The molecule has 1 aromatic carbocycles. The minimum absolute atomic E-state index is 0.00539. The number of rotatable bonds is 2. The van der Waals surface area contributed by atoms with Gasteiger partial charge in [-0.05, 0) is 29.4 Å². The minimum Gasteiger partial charge on any atom is -0.388 e. The van der Waals surface area contributed by atoms with Crippen molar-refractivity contribution in [2.45, 2.75) is 53.1 Å². The number of hydrogen-bond donors (Lipinski definition) is 1. The quantitative estimate of drug-likeness (QED) is 0.813. The van der Waals surface area contributed by atoms with E-state index in [0.717, 1.165) is 24.8 Å². The number of aliphatic hydroxyl groups excluding tert-OH is 1. The summed E-state index contributed by atoms with van der Waals surface area (Å²) in [4.78, 5) is 0. The van der Waals surface area contributed by atoms with Gasteiger partial charge in [0.15, 0.2) is 0 Å². The van der Waals surface area contributed by atoms with E-state index in [1.807, 2.05) is 6.07 Å². The first-order chi connectivity index (χ1) is 7.92. The summed E-state index contributed by atoms with van der Waals surface area (Å²) in [5.41, 5.74) is 2.62. The van der Waals surface area contributed by atoms with Crippen LogP contribution in [0.25, 0.3) is 0 Å². The summed E-state index contributed by atoms with van der Waals surface area (Å²) >= 11 is 0. The van der Waals surface area contributed by atoms with Crippen molar-refractivity contribution in [3.8, 4) is 0 Å². The van der Waals surface area contributed by atoms with Gasteiger partial charge in [0.2, 0.25) is 0 Å². The molecule has 94 valence electrons. The Morgan fingerprint density at radius 3 is 2.47 bits per heavy atom. The molecule has 1 aliphatic rings. The minimum atomic E-state index is -0.307. The highest BCUT2D eigenvalue weighted by Gasteiger charge is 2.51. The van der Waals surface area contributed by atoms with E-state index in [1.165, 1.54) is 5.56 Å². The van der Waals surface area contributed by atoms with Gasteiger partial charge in [0.1, 0.15) is 0 Å². The largest absolute Gasteiger partial charge is 0.388 e. The molecule has 17 heavy (non-hydrogen) atoms. The van der Waals surface area contributed by atoms with Crippen LogP contribution >= 0.6 is 0 Å². The van der Waals surface area contributed by atoms with Crippen molar-refractivity contribution >= 4 is 0 Å². The molecule has 0 radical (unpaired) electrons. The second kappa shape index (κ2) is 4.13. The predicted octanol–water partition coefficient (Wildman–Crippen LogP) is 4.11. The van der Waals surface area contributed by atoms with Gasteiger partial charge in [-0.25, -0.2) is 0 Å². The third-order valence-electron chi connectivity index (χ3n) is 4.57. The molecule has 1 N–H and O–H groups in total. The molecule has 2 rings (SSSR count). The fourth-order valence-corrected chi connectivity index (χ4v) is 3.42. The third kappa shape index (κ3) is 1.81. The normalized spacial score (nSPS) is 28.2. The summed E-state index contributed by atoms with van der Waals surface area (Å²) in [5.74, 6) is 0. The topological polar surface area (TPSA) is 20.2 Å². The average molecular weight is 232 g/mol. The average Bonchev–Trinajstić information content (AvgIpc) is 2.54. The molecule has 0 aromatic heterocycles. The van der Waals surface area contributed by atoms with Crippen LogP contribution in [-0.2, 0) is 6.42 Å². The van der Waals surface area contributed by atoms with Gasteiger partial charge in [-0.3, -0.25) is 0 Å². The van der Waals surface area contributed by atoms with Crippen molar-refractivity contribution in [3.63, 3.8) is 0 Å². The molecule has 2 unspecified atom stereocenters. The summed E-state index contributed by atoms with van der Waals surface area (Å²) in [6, 6.07) is 8.37. The Hall–Kier alpha value is -0.820. The lowest BCUT2D eigenvalue weighted by atomic mass is 9.61. The van der Waals surface area contributed by atoms with E-state index in [0.29, 0.717) is 0 Å². The number of hydrogen-bond acceptors (Lipinski definition) is 1. The first-order valence-corrected chi connectivity index (χ1v) is 6.68. The number of benzene rings is 1. The Morgan fingerprint density at radius 2 is 1.94 bits per heavy atom. The highest BCUT2D eigenvalue weighted by Crippen LogP contribution is 2.58. The van der Waals surface area contributed by atoms with Crippen LogP contribution < -0.4 is 0 Å². The lowest BCUT2D eigenvalue weighted by Gasteiger charge is -2.45. The molecule has 0 fully saturated rings. The lowest BCUT2D eigenvalue weighted by Crippen LogP contribution is -2.39. The van der Waals surface area contributed by atoms with E-state index in [2.05, 4.69) is 45.9 Å². The summed E-state index contributed by atoms with van der Waals surface area (Å²) in [6.07, 6.45) is 2.93. The summed E-state index contributed by atoms with van der Waals surface area (Å²) in [5, 5.41) is 10.8.